The molecule has 2 unspecified atom stereocenters. The van der Waals surface area contributed by atoms with Gasteiger partial charge in [-0.1, -0.05) is 20.3 Å². The highest BCUT2D eigenvalue weighted by atomic mass is 127. The first-order valence-corrected chi connectivity index (χ1v) is 9.55. The molecular weight excluding hydrogens is 429 g/mol. The van der Waals surface area contributed by atoms with Gasteiger partial charge < -0.3 is 20.9 Å². The van der Waals surface area contributed by atoms with Crippen LogP contribution in [-0.2, 0) is 4.79 Å². The van der Waals surface area contributed by atoms with Gasteiger partial charge in [-0.2, -0.15) is 0 Å². The number of piperidine rings is 2. The molecule has 2 saturated heterocycles. The number of hydrogen-bond acceptors (Lipinski definition) is 3. The molecule has 1 amide bonds. The number of halogens is 1. The molecule has 0 saturated carbocycles. The number of carbonyl (C=O) groups is 1. The van der Waals surface area contributed by atoms with E-state index in [1.54, 1.807) is 0 Å². The zero-order valence-corrected chi connectivity index (χ0v) is 18.5. The summed E-state index contributed by atoms with van der Waals surface area (Å²) in [5.41, 5.74) is 0. The first kappa shape index (κ1) is 22.5. The van der Waals surface area contributed by atoms with Gasteiger partial charge in [0.15, 0.2) is 5.96 Å². The second kappa shape index (κ2) is 11.2. The third kappa shape index (κ3) is 6.92. The highest BCUT2D eigenvalue weighted by molar-refractivity contribution is 14.0. The van der Waals surface area contributed by atoms with Crippen LogP contribution in [0, 0.1) is 5.92 Å². The largest absolute Gasteiger partial charge is 0.357 e. The molecule has 0 aliphatic carbocycles. The van der Waals surface area contributed by atoms with Gasteiger partial charge in [0.2, 0.25) is 5.91 Å². The van der Waals surface area contributed by atoms with E-state index in [0.29, 0.717) is 31.2 Å². The van der Waals surface area contributed by atoms with E-state index >= 15 is 0 Å². The van der Waals surface area contributed by atoms with E-state index < -0.39 is 0 Å². The SMILES string of the molecule is CCNC(=NCCNC(=O)C(C)C)NC1CC2CCCC(C1)N2C.I. The Bertz CT molecular complexity index is 429. The van der Waals surface area contributed by atoms with Crippen molar-refractivity contribution in [2.75, 3.05) is 26.7 Å². The Morgan fingerprint density at radius 2 is 1.84 bits per heavy atom. The third-order valence-electron chi connectivity index (χ3n) is 5.23. The van der Waals surface area contributed by atoms with Crippen LogP contribution in [0.2, 0.25) is 0 Å². The maximum Gasteiger partial charge on any atom is 0.222 e. The van der Waals surface area contributed by atoms with Gasteiger partial charge in [-0.25, -0.2) is 0 Å². The molecule has 2 heterocycles. The fourth-order valence-corrected chi connectivity index (χ4v) is 3.80. The quantitative estimate of drug-likeness (QED) is 0.243. The van der Waals surface area contributed by atoms with Gasteiger partial charge in [0.25, 0.3) is 0 Å². The van der Waals surface area contributed by atoms with Crippen LogP contribution in [0.4, 0.5) is 0 Å². The number of fused-ring (bicyclic) bond motifs is 2. The van der Waals surface area contributed by atoms with Crippen molar-refractivity contribution in [3.63, 3.8) is 0 Å². The van der Waals surface area contributed by atoms with Crippen LogP contribution in [0.3, 0.4) is 0 Å². The topological polar surface area (TPSA) is 68.8 Å². The lowest BCUT2D eigenvalue weighted by Gasteiger charge is -2.47. The summed E-state index contributed by atoms with van der Waals surface area (Å²) in [6.07, 6.45) is 6.40. The van der Waals surface area contributed by atoms with Gasteiger partial charge in [0, 0.05) is 37.1 Å². The summed E-state index contributed by atoms with van der Waals surface area (Å²) in [4.78, 5) is 18.8. The number of guanidine groups is 1. The molecule has 0 aromatic rings. The number of hydrogen-bond donors (Lipinski definition) is 3. The van der Waals surface area contributed by atoms with Crippen molar-refractivity contribution in [3.05, 3.63) is 0 Å². The smallest absolute Gasteiger partial charge is 0.222 e. The summed E-state index contributed by atoms with van der Waals surface area (Å²) in [6.45, 7) is 7.94. The van der Waals surface area contributed by atoms with E-state index in [-0.39, 0.29) is 35.8 Å². The zero-order chi connectivity index (χ0) is 17.5. The molecule has 2 aliphatic heterocycles. The molecule has 2 rings (SSSR count). The lowest BCUT2D eigenvalue weighted by Crippen LogP contribution is -2.56. The predicted molar refractivity (Wildman–Crippen MR) is 115 cm³/mol. The molecule has 0 spiro atoms. The van der Waals surface area contributed by atoms with Crippen molar-refractivity contribution in [1.29, 1.82) is 0 Å². The minimum Gasteiger partial charge on any atom is -0.357 e. The number of nitrogens with zero attached hydrogens (tertiary/aromatic N) is 2. The minimum atomic E-state index is 0. The molecule has 25 heavy (non-hydrogen) atoms. The zero-order valence-electron chi connectivity index (χ0n) is 16.2. The van der Waals surface area contributed by atoms with Crippen LogP contribution in [0.15, 0.2) is 4.99 Å². The lowest BCUT2D eigenvalue weighted by molar-refractivity contribution is -0.123. The Hall–Kier alpha value is -0.570. The molecule has 2 fully saturated rings. The standard InChI is InChI=1S/C18H35N5O.HI/c1-5-19-18(21-10-9-20-17(24)13(2)3)22-14-11-15-7-6-8-16(12-14)23(15)4;/h13-16H,5-12H2,1-4H3,(H,20,24)(H2,19,21,22);1H. The lowest BCUT2D eigenvalue weighted by atomic mass is 9.82. The van der Waals surface area contributed by atoms with Gasteiger partial charge in [-0.15, -0.1) is 24.0 Å². The van der Waals surface area contributed by atoms with Crippen molar-refractivity contribution in [2.24, 2.45) is 10.9 Å². The van der Waals surface area contributed by atoms with Crippen molar-refractivity contribution in [1.82, 2.24) is 20.9 Å². The number of carbonyl (C=O) groups excluding carboxylic acids is 1. The summed E-state index contributed by atoms with van der Waals surface area (Å²) in [5.74, 6) is 0.995. The van der Waals surface area contributed by atoms with Gasteiger partial charge in [0.05, 0.1) is 6.54 Å². The normalized spacial score (nSPS) is 26.8. The van der Waals surface area contributed by atoms with E-state index in [0.717, 1.165) is 12.5 Å². The predicted octanol–water partition coefficient (Wildman–Crippen LogP) is 1.95. The molecule has 0 radical (unpaired) electrons. The van der Waals surface area contributed by atoms with Crippen LogP contribution in [0.5, 0.6) is 0 Å². The van der Waals surface area contributed by atoms with Crippen LogP contribution in [0.1, 0.15) is 52.9 Å². The number of rotatable bonds is 6. The summed E-state index contributed by atoms with van der Waals surface area (Å²) < 4.78 is 0. The maximum atomic E-state index is 11.6. The number of nitrogens with one attached hydrogen (secondary N) is 3. The van der Waals surface area contributed by atoms with E-state index in [4.69, 9.17) is 0 Å². The summed E-state index contributed by atoms with van der Waals surface area (Å²) in [6, 6.07) is 1.92. The molecule has 7 heteroatoms. The highest BCUT2D eigenvalue weighted by Gasteiger charge is 2.36. The molecule has 2 atom stereocenters. The molecule has 6 nitrogen and oxygen atoms in total. The number of amides is 1. The highest BCUT2D eigenvalue weighted by Crippen LogP contribution is 2.32. The molecular formula is C18H36IN5O. The van der Waals surface area contributed by atoms with Crippen molar-refractivity contribution in [3.8, 4) is 0 Å². The maximum absolute atomic E-state index is 11.6. The second-order valence-electron chi connectivity index (χ2n) is 7.42. The minimum absolute atomic E-state index is 0. The van der Waals surface area contributed by atoms with E-state index in [1.165, 1.54) is 32.1 Å². The fourth-order valence-electron chi connectivity index (χ4n) is 3.80. The second-order valence-corrected chi connectivity index (χ2v) is 7.42. The average Bonchev–Trinajstić information content (AvgIpc) is 2.52. The molecule has 0 aromatic heterocycles. The van der Waals surface area contributed by atoms with E-state index in [9.17, 15) is 4.79 Å². The Morgan fingerprint density at radius 3 is 2.40 bits per heavy atom. The Labute approximate surface area is 170 Å². The monoisotopic (exact) mass is 465 g/mol. The molecule has 2 aliphatic rings. The van der Waals surface area contributed by atoms with E-state index in [2.05, 4.69) is 39.8 Å². The van der Waals surface area contributed by atoms with Crippen molar-refractivity contribution >= 4 is 35.8 Å². The Morgan fingerprint density at radius 1 is 1.20 bits per heavy atom. The average molecular weight is 465 g/mol. The van der Waals surface area contributed by atoms with Crippen LogP contribution >= 0.6 is 24.0 Å². The van der Waals surface area contributed by atoms with Crippen LogP contribution < -0.4 is 16.0 Å². The third-order valence-corrected chi connectivity index (χ3v) is 5.23. The van der Waals surface area contributed by atoms with Crippen molar-refractivity contribution in [2.45, 2.75) is 71.0 Å². The van der Waals surface area contributed by atoms with Crippen LogP contribution in [-0.4, -0.2) is 61.6 Å². The number of aliphatic imine (C=N–C) groups is 1. The summed E-state index contributed by atoms with van der Waals surface area (Å²) in [5, 5.41) is 9.86. The Kier molecular flexibility index (Phi) is 10.1. The molecule has 146 valence electrons. The summed E-state index contributed by atoms with van der Waals surface area (Å²) >= 11 is 0. The van der Waals surface area contributed by atoms with Gasteiger partial charge in [-0.05, 0) is 39.7 Å². The fraction of sp³-hybridized carbons (Fsp3) is 0.889. The molecule has 2 bridgehead atoms. The van der Waals surface area contributed by atoms with E-state index in [1.807, 2.05) is 13.8 Å². The van der Waals surface area contributed by atoms with Crippen molar-refractivity contribution < 1.29 is 4.79 Å². The Balaban J connectivity index is 0.00000312. The van der Waals surface area contributed by atoms with Crippen LogP contribution in [0.25, 0.3) is 0 Å². The molecule has 3 N–H and O–H groups in total. The first-order chi connectivity index (χ1) is 11.5. The van der Waals surface area contributed by atoms with Gasteiger partial charge in [0.1, 0.15) is 0 Å². The van der Waals surface area contributed by atoms with Gasteiger partial charge in [-0.3, -0.25) is 9.79 Å². The first-order valence-electron chi connectivity index (χ1n) is 9.55. The molecule has 0 aromatic carbocycles. The van der Waals surface area contributed by atoms with Gasteiger partial charge >= 0.3 is 0 Å². The summed E-state index contributed by atoms with van der Waals surface area (Å²) in [7, 11) is 2.28.